The van der Waals surface area contributed by atoms with E-state index < -0.39 is 0 Å². The lowest BCUT2D eigenvalue weighted by Gasteiger charge is -2.10. The summed E-state index contributed by atoms with van der Waals surface area (Å²) in [4.78, 5) is 13.1. The predicted molar refractivity (Wildman–Crippen MR) is 58.3 cm³/mol. The molecule has 2 nitrogen and oxygen atoms in total. The van der Waals surface area contributed by atoms with Crippen LogP contribution in [-0.2, 0) is 11.2 Å². The molecule has 0 bridgehead atoms. The van der Waals surface area contributed by atoms with Crippen LogP contribution in [0, 0.1) is 13.8 Å². The first-order valence-electron chi connectivity index (χ1n) is 4.77. The highest BCUT2D eigenvalue weighted by atomic mass is 16.2. The third-order valence-corrected chi connectivity index (χ3v) is 2.43. The van der Waals surface area contributed by atoms with Crippen molar-refractivity contribution in [1.82, 2.24) is 4.90 Å². The molecule has 0 aromatic heterocycles. The van der Waals surface area contributed by atoms with Gasteiger partial charge in [0.05, 0.1) is 6.42 Å². The summed E-state index contributed by atoms with van der Waals surface area (Å²) in [5.41, 5.74) is 3.60. The van der Waals surface area contributed by atoms with Gasteiger partial charge in [0.1, 0.15) is 0 Å². The van der Waals surface area contributed by atoms with Crippen molar-refractivity contribution in [2.45, 2.75) is 20.3 Å². The topological polar surface area (TPSA) is 20.3 Å². The molecule has 0 spiro atoms. The third kappa shape index (κ3) is 2.59. The van der Waals surface area contributed by atoms with Crippen molar-refractivity contribution in [2.75, 3.05) is 14.1 Å². The van der Waals surface area contributed by atoms with Gasteiger partial charge in [0.2, 0.25) is 5.91 Å². The number of benzene rings is 1. The Balaban J connectivity index is 2.78. The van der Waals surface area contributed by atoms with Crippen molar-refractivity contribution in [3.63, 3.8) is 0 Å². The third-order valence-electron chi connectivity index (χ3n) is 2.43. The van der Waals surface area contributed by atoms with Crippen LogP contribution in [0.1, 0.15) is 16.7 Å². The number of nitrogens with zero attached hydrogens (tertiary/aromatic N) is 1. The molecular weight excluding hydrogens is 174 g/mol. The molecule has 0 aliphatic carbocycles. The maximum atomic E-state index is 11.4. The van der Waals surface area contributed by atoms with Crippen LogP contribution in [0.2, 0.25) is 0 Å². The second-order valence-electron chi connectivity index (χ2n) is 3.88. The van der Waals surface area contributed by atoms with Gasteiger partial charge < -0.3 is 4.90 Å². The zero-order valence-corrected chi connectivity index (χ0v) is 9.29. The van der Waals surface area contributed by atoms with E-state index in [1.54, 1.807) is 19.0 Å². The van der Waals surface area contributed by atoms with Crippen molar-refractivity contribution in [3.05, 3.63) is 34.9 Å². The highest BCUT2D eigenvalue weighted by Crippen LogP contribution is 2.10. The van der Waals surface area contributed by atoms with Crippen LogP contribution in [-0.4, -0.2) is 24.9 Å². The number of amides is 1. The monoisotopic (exact) mass is 191 g/mol. The van der Waals surface area contributed by atoms with Gasteiger partial charge in [-0.25, -0.2) is 0 Å². The quantitative estimate of drug-likeness (QED) is 0.699. The Labute approximate surface area is 85.5 Å². The van der Waals surface area contributed by atoms with E-state index in [1.165, 1.54) is 11.1 Å². The minimum atomic E-state index is 0.147. The van der Waals surface area contributed by atoms with Crippen LogP contribution in [0.4, 0.5) is 0 Å². The summed E-state index contributed by atoms with van der Waals surface area (Å²) in [6, 6.07) is 6.16. The molecule has 2 heteroatoms. The van der Waals surface area contributed by atoms with Crippen molar-refractivity contribution in [3.8, 4) is 0 Å². The molecule has 0 unspecified atom stereocenters. The number of carbonyl (C=O) groups is 1. The minimum absolute atomic E-state index is 0.147. The molecule has 0 fully saturated rings. The predicted octanol–water partition coefficient (Wildman–Crippen LogP) is 1.93. The molecule has 76 valence electrons. The standard InChI is InChI=1S/C12H17NO/c1-9-5-6-11(7-10(9)2)8-12(14)13(3)4/h5-7H,8H2,1-4H3. The maximum Gasteiger partial charge on any atom is 0.226 e. The van der Waals surface area contributed by atoms with Gasteiger partial charge in [-0.05, 0) is 30.5 Å². The maximum absolute atomic E-state index is 11.4. The Bertz CT molecular complexity index is 342. The fourth-order valence-corrected chi connectivity index (χ4v) is 1.25. The summed E-state index contributed by atoms with van der Waals surface area (Å²) in [5.74, 6) is 0.147. The molecule has 1 aromatic rings. The van der Waals surface area contributed by atoms with Gasteiger partial charge in [-0.15, -0.1) is 0 Å². The van der Waals surface area contributed by atoms with Gasteiger partial charge in [0.25, 0.3) is 0 Å². The van der Waals surface area contributed by atoms with E-state index in [0.29, 0.717) is 6.42 Å². The van der Waals surface area contributed by atoms with E-state index in [1.807, 2.05) is 6.07 Å². The SMILES string of the molecule is Cc1ccc(CC(=O)N(C)C)cc1C. The Morgan fingerprint density at radius 2 is 1.86 bits per heavy atom. The molecule has 1 amide bonds. The lowest BCUT2D eigenvalue weighted by molar-refractivity contribution is -0.127. The summed E-state index contributed by atoms with van der Waals surface area (Å²) in [6.45, 7) is 4.14. The fourth-order valence-electron chi connectivity index (χ4n) is 1.25. The fraction of sp³-hybridized carbons (Fsp3) is 0.417. The number of carbonyl (C=O) groups excluding carboxylic acids is 1. The number of hydrogen-bond donors (Lipinski definition) is 0. The van der Waals surface area contributed by atoms with E-state index in [9.17, 15) is 4.79 Å². The van der Waals surface area contributed by atoms with Crippen LogP contribution >= 0.6 is 0 Å². The molecule has 0 saturated carbocycles. The normalized spacial score (nSPS) is 10.0. The molecule has 0 heterocycles. The van der Waals surface area contributed by atoms with E-state index in [4.69, 9.17) is 0 Å². The van der Waals surface area contributed by atoms with Gasteiger partial charge in [0, 0.05) is 14.1 Å². The molecule has 0 saturated heterocycles. The van der Waals surface area contributed by atoms with Crippen molar-refractivity contribution >= 4 is 5.91 Å². The lowest BCUT2D eigenvalue weighted by atomic mass is 10.0. The number of aryl methyl sites for hydroxylation is 2. The first-order valence-corrected chi connectivity index (χ1v) is 4.77. The zero-order valence-electron chi connectivity index (χ0n) is 9.29. The largest absolute Gasteiger partial charge is 0.349 e. The minimum Gasteiger partial charge on any atom is -0.349 e. The molecule has 0 radical (unpaired) electrons. The van der Waals surface area contributed by atoms with Crippen molar-refractivity contribution in [1.29, 1.82) is 0 Å². The molecule has 0 aliphatic heterocycles. The molecule has 14 heavy (non-hydrogen) atoms. The van der Waals surface area contributed by atoms with Gasteiger partial charge in [-0.3, -0.25) is 4.79 Å². The summed E-state index contributed by atoms with van der Waals surface area (Å²) in [6.07, 6.45) is 0.494. The summed E-state index contributed by atoms with van der Waals surface area (Å²) >= 11 is 0. The van der Waals surface area contributed by atoms with Crippen LogP contribution in [0.5, 0.6) is 0 Å². The highest BCUT2D eigenvalue weighted by molar-refractivity contribution is 5.78. The van der Waals surface area contributed by atoms with E-state index in [-0.39, 0.29) is 5.91 Å². The summed E-state index contributed by atoms with van der Waals surface area (Å²) in [7, 11) is 3.56. The smallest absolute Gasteiger partial charge is 0.226 e. The zero-order chi connectivity index (χ0) is 10.7. The molecule has 0 N–H and O–H groups in total. The second kappa shape index (κ2) is 4.27. The van der Waals surface area contributed by atoms with Crippen LogP contribution < -0.4 is 0 Å². The molecule has 1 rings (SSSR count). The summed E-state index contributed by atoms with van der Waals surface area (Å²) in [5, 5.41) is 0. The van der Waals surface area contributed by atoms with Crippen LogP contribution in [0.25, 0.3) is 0 Å². The average molecular weight is 191 g/mol. The first kappa shape index (κ1) is 10.8. The Hall–Kier alpha value is -1.31. The number of rotatable bonds is 2. The van der Waals surface area contributed by atoms with E-state index >= 15 is 0 Å². The average Bonchev–Trinajstić information content (AvgIpc) is 2.11. The first-order chi connectivity index (χ1) is 6.50. The number of hydrogen-bond acceptors (Lipinski definition) is 1. The van der Waals surface area contributed by atoms with Crippen LogP contribution in [0.15, 0.2) is 18.2 Å². The highest BCUT2D eigenvalue weighted by Gasteiger charge is 2.05. The lowest BCUT2D eigenvalue weighted by Crippen LogP contribution is -2.23. The summed E-state index contributed by atoms with van der Waals surface area (Å²) < 4.78 is 0. The van der Waals surface area contributed by atoms with Crippen LogP contribution in [0.3, 0.4) is 0 Å². The van der Waals surface area contributed by atoms with Gasteiger partial charge >= 0.3 is 0 Å². The van der Waals surface area contributed by atoms with E-state index in [0.717, 1.165) is 5.56 Å². The Morgan fingerprint density at radius 3 is 2.36 bits per heavy atom. The van der Waals surface area contributed by atoms with Gasteiger partial charge in [-0.1, -0.05) is 18.2 Å². The number of likely N-dealkylation sites (N-methyl/N-ethyl adjacent to an activating group) is 1. The van der Waals surface area contributed by atoms with Crippen molar-refractivity contribution in [2.24, 2.45) is 0 Å². The Morgan fingerprint density at radius 1 is 1.21 bits per heavy atom. The molecule has 0 aliphatic rings. The Kier molecular flexibility index (Phi) is 3.28. The molecule has 0 atom stereocenters. The van der Waals surface area contributed by atoms with E-state index in [2.05, 4.69) is 26.0 Å². The molecule has 1 aromatic carbocycles. The van der Waals surface area contributed by atoms with Gasteiger partial charge in [-0.2, -0.15) is 0 Å². The second-order valence-corrected chi connectivity index (χ2v) is 3.88. The van der Waals surface area contributed by atoms with Crippen molar-refractivity contribution < 1.29 is 4.79 Å². The van der Waals surface area contributed by atoms with Gasteiger partial charge in [0.15, 0.2) is 0 Å². The molecular formula is C12H17NO.